The predicted molar refractivity (Wildman–Crippen MR) is 75.8 cm³/mol. The molecule has 8 heteroatoms. The fourth-order valence-electron chi connectivity index (χ4n) is 1.56. The minimum Gasteiger partial charge on any atom is -0.478 e. The van der Waals surface area contributed by atoms with Crippen LogP contribution in [0.5, 0.6) is 11.6 Å². The molecule has 2 rings (SSSR count). The number of carbonyl (C=O) groups is 1. The number of carboxylic acid groups (broad SMARTS) is 1. The van der Waals surface area contributed by atoms with Crippen LogP contribution >= 0.6 is 11.6 Å². The third-order valence-corrected chi connectivity index (χ3v) is 3.93. The van der Waals surface area contributed by atoms with Gasteiger partial charge in [-0.3, -0.25) is 0 Å². The number of hydrogen-bond acceptors (Lipinski definition) is 5. The average molecular weight is 328 g/mol. The molecule has 110 valence electrons. The van der Waals surface area contributed by atoms with Gasteiger partial charge in [0.25, 0.3) is 0 Å². The second-order valence-corrected chi connectivity index (χ2v) is 6.52. The predicted octanol–water partition coefficient (Wildman–Crippen LogP) is 2.63. The molecule has 1 aromatic carbocycles. The zero-order valence-corrected chi connectivity index (χ0v) is 12.4. The number of nitrogens with zero attached hydrogens (tertiary/aromatic N) is 1. The molecule has 21 heavy (non-hydrogen) atoms. The normalized spacial score (nSPS) is 11.1. The van der Waals surface area contributed by atoms with E-state index in [1.807, 2.05) is 0 Å². The Balaban J connectivity index is 2.42. The van der Waals surface area contributed by atoms with Crippen LogP contribution in [0.3, 0.4) is 0 Å². The van der Waals surface area contributed by atoms with Crippen LogP contribution in [-0.2, 0) is 9.84 Å². The lowest BCUT2D eigenvalue weighted by Gasteiger charge is -2.10. The first-order chi connectivity index (χ1) is 9.79. The Labute approximate surface area is 125 Å². The molecule has 1 N–H and O–H groups in total. The van der Waals surface area contributed by atoms with Crippen LogP contribution in [0.2, 0.25) is 5.02 Å². The summed E-state index contributed by atoms with van der Waals surface area (Å²) < 4.78 is 28.7. The highest BCUT2D eigenvalue weighted by atomic mass is 35.5. The van der Waals surface area contributed by atoms with Crippen molar-refractivity contribution < 1.29 is 23.1 Å². The molecule has 0 bridgehead atoms. The Hall–Kier alpha value is -2.12. The van der Waals surface area contributed by atoms with Crippen molar-refractivity contribution in [3.8, 4) is 11.6 Å². The summed E-state index contributed by atoms with van der Waals surface area (Å²) in [6, 6.07) is 6.68. The van der Waals surface area contributed by atoms with E-state index in [9.17, 15) is 13.2 Å². The van der Waals surface area contributed by atoms with Crippen LogP contribution in [0, 0.1) is 0 Å². The molecule has 0 spiro atoms. The molecule has 0 unspecified atom stereocenters. The molecular formula is C13H10ClNO5S. The van der Waals surface area contributed by atoms with Crippen LogP contribution in [0.4, 0.5) is 0 Å². The van der Waals surface area contributed by atoms with Gasteiger partial charge in [-0.25, -0.2) is 18.2 Å². The van der Waals surface area contributed by atoms with Gasteiger partial charge in [0.1, 0.15) is 10.6 Å². The van der Waals surface area contributed by atoms with Crippen LogP contribution in [0.15, 0.2) is 41.4 Å². The number of hydrogen-bond donors (Lipinski definition) is 1. The van der Waals surface area contributed by atoms with Gasteiger partial charge >= 0.3 is 5.97 Å². The first kappa shape index (κ1) is 15.3. The molecular weight excluding hydrogens is 318 g/mol. The summed E-state index contributed by atoms with van der Waals surface area (Å²) in [6.07, 6.45) is 2.41. The molecule has 0 aliphatic carbocycles. The van der Waals surface area contributed by atoms with Crippen molar-refractivity contribution in [3.63, 3.8) is 0 Å². The monoisotopic (exact) mass is 327 g/mol. The first-order valence-corrected chi connectivity index (χ1v) is 7.92. The van der Waals surface area contributed by atoms with Crippen molar-refractivity contribution in [1.82, 2.24) is 4.98 Å². The van der Waals surface area contributed by atoms with Gasteiger partial charge in [-0.2, -0.15) is 0 Å². The zero-order valence-electron chi connectivity index (χ0n) is 10.8. The largest absolute Gasteiger partial charge is 0.478 e. The van der Waals surface area contributed by atoms with E-state index in [1.165, 1.54) is 36.5 Å². The number of sulfone groups is 1. The molecule has 0 saturated heterocycles. The van der Waals surface area contributed by atoms with Gasteiger partial charge in [-0.15, -0.1) is 0 Å². The quantitative estimate of drug-likeness (QED) is 0.927. The van der Waals surface area contributed by atoms with E-state index in [2.05, 4.69) is 4.98 Å². The van der Waals surface area contributed by atoms with Crippen molar-refractivity contribution in [3.05, 3.63) is 47.1 Å². The molecule has 1 aromatic heterocycles. The Morgan fingerprint density at radius 3 is 2.62 bits per heavy atom. The minimum atomic E-state index is -3.51. The maximum absolute atomic E-state index is 11.6. The lowest BCUT2D eigenvalue weighted by Crippen LogP contribution is -2.02. The summed E-state index contributed by atoms with van der Waals surface area (Å²) in [4.78, 5) is 14.6. The molecule has 0 aliphatic heterocycles. The first-order valence-electron chi connectivity index (χ1n) is 5.65. The van der Waals surface area contributed by atoms with E-state index >= 15 is 0 Å². The third-order valence-electron chi connectivity index (χ3n) is 2.52. The number of aromatic nitrogens is 1. The number of benzene rings is 1. The number of pyridine rings is 1. The minimum absolute atomic E-state index is 0.00305. The Morgan fingerprint density at radius 1 is 1.33 bits per heavy atom. The van der Waals surface area contributed by atoms with Crippen LogP contribution in [0.25, 0.3) is 0 Å². The zero-order chi connectivity index (χ0) is 15.6. The number of rotatable bonds is 4. The molecule has 2 aromatic rings. The molecule has 0 atom stereocenters. The van der Waals surface area contributed by atoms with E-state index in [4.69, 9.17) is 21.4 Å². The average Bonchev–Trinajstić information content (AvgIpc) is 2.40. The lowest BCUT2D eigenvalue weighted by atomic mass is 10.2. The number of carboxylic acids is 1. The van der Waals surface area contributed by atoms with E-state index in [-0.39, 0.29) is 27.1 Å². The van der Waals surface area contributed by atoms with Gasteiger partial charge in [0.15, 0.2) is 9.84 Å². The fraction of sp³-hybridized carbons (Fsp3) is 0.0769. The van der Waals surface area contributed by atoms with E-state index < -0.39 is 15.8 Å². The van der Waals surface area contributed by atoms with Crippen molar-refractivity contribution in [1.29, 1.82) is 0 Å². The molecule has 1 heterocycles. The topological polar surface area (TPSA) is 93.6 Å². The summed E-state index contributed by atoms with van der Waals surface area (Å²) >= 11 is 5.92. The van der Waals surface area contributed by atoms with Gasteiger partial charge < -0.3 is 9.84 Å². The van der Waals surface area contributed by atoms with Crippen molar-refractivity contribution in [2.45, 2.75) is 4.90 Å². The Kier molecular flexibility index (Phi) is 4.15. The SMILES string of the molecule is CS(=O)(=O)c1cccnc1Oc1ccc(C(=O)O)cc1Cl. The highest BCUT2D eigenvalue weighted by molar-refractivity contribution is 7.90. The molecule has 0 fully saturated rings. The van der Waals surface area contributed by atoms with Gasteiger partial charge in [0.2, 0.25) is 5.88 Å². The summed E-state index contributed by atoms with van der Waals surface area (Å²) in [5, 5.41) is 8.89. The van der Waals surface area contributed by atoms with Crippen molar-refractivity contribution in [2.24, 2.45) is 0 Å². The Bertz CT molecular complexity index is 804. The van der Waals surface area contributed by atoms with Gasteiger partial charge in [0.05, 0.1) is 10.6 Å². The molecule has 6 nitrogen and oxygen atoms in total. The second-order valence-electron chi connectivity index (χ2n) is 4.13. The van der Waals surface area contributed by atoms with Crippen molar-refractivity contribution >= 4 is 27.4 Å². The van der Waals surface area contributed by atoms with E-state index in [0.717, 1.165) is 6.26 Å². The molecule has 0 aliphatic rings. The van der Waals surface area contributed by atoms with Crippen LogP contribution in [0.1, 0.15) is 10.4 Å². The number of aromatic carboxylic acids is 1. The standard InChI is InChI=1S/C13H10ClNO5S/c1-21(18,19)11-3-2-6-15-12(11)20-10-5-4-8(13(16)17)7-9(10)14/h2-7H,1H3,(H,16,17). The van der Waals surface area contributed by atoms with Crippen LogP contribution < -0.4 is 4.74 Å². The molecule has 0 radical (unpaired) electrons. The maximum Gasteiger partial charge on any atom is 0.335 e. The summed E-state index contributed by atoms with van der Waals surface area (Å²) in [5.41, 5.74) is -0.00305. The maximum atomic E-state index is 11.6. The number of ether oxygens (including phenoxy) is 1. The third kappa shape index (κ3) is 3.50. The van der Waals surface area contributed by atoms with Gasteiger partial charge in [0, 0.05) is 12.5 Å². The lowest BCUT2D eigenvalue weighted by molar-refractivity contribution is 0.0697. The highest BCUT2D eigenvalue weighted by Gasteiger charge is 2.17. The van der Waals surface area contributed by atoms with Crippen molar-refractivity contribution in [2.75, 3.05) is 6.26 Å². The molecule has 0 amide bonds. The Morgan fingerprint density at radius 2 is 2.05 bits per heavy atom. The summed E-state index contributed by atoms with van der Waals surface area (Å²) in [5.74, 6) is -1.13. The van der Waals surface area contributed by atoms with E-state index in [1.54, 1.807) is 0 Å². The molecule has 0 saturated carbocycles. The number of halogens is 1. The van der Waals surface area contributed by atoms with Gasteiger partial charge in [-0.05, 0) is 30.3 Å². The smallest absolute Gasteiger partial charge is 0.335 e. The summed E-state index contributed by atoms with van der Waals surface area (Å²) in [7, 11) is -3.51. The van der Waals surface area contributed by atoms with E-state index in [0.29, 0.717) is 0 Å². The highest BCUT2D eigenvalue weighted by Crippen LogP contribution is 2.32. The second kappa shape index (κ2) is 5.71. The fourth-order valence-corrected chi connectivity index (χ4v) is 2.51. The van der Waals surface area contributed by atoms with Crippen LogP contribution in [-0.4, -0.2) is 30.7 Å². The van der Waals surface area contributed by atoms with Gasteiger partial charge in [-0.1, -0.05) is 11.6 Å². The summed E-state index contributed by atoms with van der Waals surface area (Å²) in [6.45, 7) is 0.